The predicted octanol–water partition coefficient (Wildman–Crippen LogP) is 7.99. The van der Waals surface area contributed by atoms with Crippen molar-refractivity contribution in [3.63, 3.8) is 0 Å². The van der Waals surface area contributed by atoms with Crippen LogP contribution in [0.4, 0.5) is 0 Å². The summed E-state index contributed by atoms with van der Waals surface area (Å²) in [6, 6.07) is 1.25. The number of hydrogen-bond acceptors (Lipinski definition) is 5. The van der Waals surface area contributed by atoms with E-state index < -0.39 is 12.0 Å². The van der Waals surface area contributed by atoms with Crippen LogP contribution < -0.4 is 15.2 Å². The maximum absolute atomic E-state index is 12.2. The lowest BCUT2D eigenvalue weighted by Gasteiger charge is -2.37. The molecule has 1 aromatic rings. The Morgan fingerprint density at radius 3 is 2.19 bits per heavy atom. The van der Waals surface area contributed by atoms with Gasteiger partial charge in [-0.2, -0.15) is 12.6 Å². The highest BCUT2D eigenvalue weighted by molar-refractivity contribution is 7.80. The number of fused-ring (bicyclic) bond motifs is 1. The van der Waals surface area contributed by atoms with Crippen LogP contribution in [0.15, 0.2) is 6.07 Å². The highest BCUT2D eigenvalue weighted by atomic mass is 32.1. The molecule has 0 aromatic heterocycles. The molecule has 2 rings (SSSR count). The number of carbonyl (C=O) groups is 1. The summed E-state index contributed by atoms with van der Waals surface area (Å²) in [7, 11) is 0. The number of rotatable bonds is 15. The van der Waals surface area contributed by atoms with Crippen LogP contribution in [0, 0.1) is 31.6 Å². The first-order valence-corrected chi connectivity index (χ1v) is 15.0. The second-order valence-corrected chi connectivity index (χ2v) is 12.6. The van der Waals surface area contributed by atoms with Crippen molar-refractivity contribution in [1.29, 1.82) is 0 Å². The normalized spacial score (nSPS) is 19.9. The summed E-state index contributed by atoms with van der Waals surface area (Å²) in [5.74, 6) is 3.85. The molecule has 1 aliphatic heterocycles. The molecule has 206 valence electrons. The van der Waals surface area contributed by atoms with E-state index in [0.717, 1.165) is 59.5 Å². The zero-order valence-electron chi connectivity index (χ0n) is 24.1. The molecular formula is C31H53NO3S. The molecule has 4 nitrogen and oxygen atoms in total. The monoisotopic (exact) mass is 519 g/mol. The Morgan fingerprint density at radius 2 is 1.61 bits per heavy atom. The Labute approximate surface area is 226 Å². The van der Waals surface area contributed by atoms with Gasteiger partial charge in [0, 0.05) is 5.75 Å². The summed E-state index contributed by atoms with van der Waals surface area (Å²) in [6.45, 7) is 15.8. The molecule has 36 heavy (non-hydrogen) atoms. The fraction of sp³-hybridized carbons (Fsp3) is 0.774. The number of nitrogens with two attached hydrogens (primary N) is 1. The summed E-state index contributed by atoms with van der Waals surface area (Å²) in [5.41, 5.74) is 8.75. The average molecular weight is 520 g/mol. The molecule has 0 bridgehead atoms. The highest BCUT2D eigenvalue weighted by Gasteiger charge is 2.33. The number of carbonyl (C=O) groups excluding carboxylic acids is 1. The minimum atomic E-state index is -0.718. The van der Waals surface area contributed by atoms with Crippen LogP contribution in [-0.2, 0) is 11.2 Å². The Hall–Kier alpha value is -1.20. The fourth-order valence-corrected chi connectivity index (χ4v) is 5.44. The minimum Gasteiger partial charge on any atom is -0.487 e. The lowest BCUT2D eigenvalue weighted by molar-refractivity contribution is -0.135. The standard InChI is InChI=1S/C31H53NO3S/c1-21(2)11-8-12-22(3)13-9-14-23(4)15-10-17-31(7)18-16-26-19-28(34-30(33)27(32)20-36)24(5)25(6)29(26)35-31/h19,21-23,27,36H,8-18,20,32H2,1-7H3/t22?,23?,27-,31?/m0/s1. The second kappa shape index (κ2) is 14.7. The molecule has 0 aliphatic carbocycles. The van der Waals surface area contributed by atoms with Gasteiger partial charge in [0.2, 0.25) is 0 Å². The molecule has 0 saturated heterocycles. The van der Waals surface area contributed by atoms with E-state index in [0.29, 0.717) is 5.75 Å². The van der Waals surface area contributed by atoms with Gasteiger partial charge in [0.1, 0.15) is 23.1 Å². The molecule has 4 atom stereocenters. The number of benzene rings is 1. The molecule has 0 radical (unpaired) electrons. The van der Waals surface area contributed by atoms with E-state index in [4.69, 9.17) is 15.2 Å². The van der Waals surface area contributed by atoms with Gasteiger partial charge in [0.25, 0.3) is 0 Å². The Kier molecular flexibility index (Phi) is 12.6. The van der Waals surface area contributed by atoms with Crippen LogP contribution in [0.5, 0.6) is 11.5 Å². The first-order valence-electron chi connectivity index (χ1n) is 14.4. The third kappa shape index (κ3) is 9.59. The quantitative estimate of drug-likeness (QED) is 0.140. The van der Waals surface area contributed by atoms with Crippen LogP contribution in [0.25, 0.3) is 0 Å². The Bertz CT molecular complexity index is 840. The smallest absolute Gasteiger partial charge is 0.329 e. The molecular weight excluding hydrogens is 466 g/mol. The van der Waals surface area contributed by atoms with Gasteiger partial charge in [-0.1, -0.05) is 72.6 Å². The van der Waals surface area contributed by atoms with Gasteiger partial charge in [-0.3, -0.25) is 0 Å². The van der Waals surface area contributed by atoms with E-state index in [9.17, 15) is 4.79 Å². The molecule has 2 N–H and O–H groups in total. The first-order chi connectivity index (χ1) is 17.0. The van der Waals surface area contributed by atoms with Gasteiger partial charge in [0.05, 0.1) is 0 Å². The van der Waals surface area contributed by atoms with Gasteiger partial charge >= 0.3 is 5.97 Å². The zero-order chi connectivity index (χ0) is 26.9. The predicted molar refractivity (Wildman–Crippen MR) is 155 cm³/mol. The number of ether oxygens (including phenoxy) is 2. The van der Waals surface area contributed by atoms with E-state index in [1.807, 2.05) is 13.0 Å². The largest absolute Gasteiger partial charge is 0.487 e. The van der Waals surface area contributed by atoms with Gasteiger partial charge < -0.3 is 15.2 Å². The van der Waals surface area contributed by atoms with E-state index >= 15 is 0 Å². The van der Waals surface area contributed by atoms with E-state index in [1.54, 1.807) is 0 Å². The third-order valence-electron chi connectivity index (χ3n) is 8.13. The van der Waals surface area contributed by atoms with Gasteiger partial charge in [-0.05, 0) is 87.0 Å². The average Bonchev–Trinajstić information content (AvgIpc) is 2.82. The Balaban J connectivity index is 1.81. The maximum Gasteiger partial charge on any atom is 0.329 e. The maximum atomic E-state index is 12.2. The summed E-state index contributed by atoms with van der Waals surface area (Å²) in [5, 5.41) is 0. The molecule has 0 spiro atoms. The highest BCUT2D eigenvalue weighted by Crippen LogP contribution is 2.42. The van der Waals surface area contributed by atoms with Gasteiger partial charge in [-0.25, -0.2) is 4.79 Å². The summed E-state index contributed by atoms with van der Waals surface area (Å²) >= 11 is 4.10. The van der Waals surface area contributed by atoms with Crippen LogP contribution in [0.3, 0.4) is 0 Å². The molecule has 5 heteroatoms. The van der Waals surface area contributed by atoms with Crippen LogP contribution in [0.1, 0.15) is 116 Å². The van der Waals surface area contributed by atoms with Crippen molar-refractivity contribution in [2.45, 2.75) is 131 Å². The summed E-state index contributed by atoms with van der Waals surface area (Å²) in [4.78, 5) is 12.2. The second-order valence-electron chi connectivity index (χ2n) is 12.2. The number of aryl methyl sites for hydroxylation is 1. The molecule has 1 heterocycles. The molecule has 0 saturated carbocycles. The van der Waals surface area contributed by atoms with Gasteiger partial charge in [0.15, 0.2) is 0 Å². The topological polar surface area (TPSA) is 61.5 Å². The lowest BCUT2D eigenvalue weighted by atomic mass is 9.85. The molecule has 1 aliphatic rings. The van der Waals surface area contributed by atoms with Crippen molar-refractivity contribution >= 4 is 18.6 Å². The fourth-order valence-electron chi connectivity index (χ4n) is 5.30. The van der Waals surface area contributed by atoms with Crippen LogP contribution in [0.2, 0.25) is 0 Å². The number of esters is 1. The van der Waals surface area contributed by atoms with Crippen LogP contribution >= 0.6 is 12.6 Å². The number of thiol groups is 1. The van der Waals surface area contributed by atoms with Crippen molar-refractivity contribution in [3.8, 4) is 11.5 Å². The third-order valence-corrected chi connectivity index (χ3v) is 8.52. The van der Waals surface area contributed by atoms with Crippen molar-refractivity contribution in [1.82, 2.24) is 0 Å². The SMILES string of the molecule is Cc1c(OC(=O)[C@@H](N)CS)cc2c(c1C)OC(C)(CCCC(C)CCCC(C)CCCC(C)C)CC2. The molecule has 0 fully saturated rings. The van der Waals surface area contributed by atoms with E-state index in [2.05, 4.69) is 54.2 Å². The number of hydrogen-bond donors (Lipinski definition) is 2. The van der Waals surface area contributed by atoms with E-state index in [1.165, 1.54) is 51.4 Å². The Morgan fingerprint density at radius 1 is 1.03 bits per heavy atom. The minimum absolute atomic E-state index is 0.137. The molecule has 3 unspecified atom stereocenters. The van der Waals surface area contributed by atoms with E-state index in [-0.39, 0.29) is 11.4 Å². The summed E-state index contributed by atoms with van der Waals surface area (Å²) in [6.07, 6.45) is 13.7. The molecule has 1 aromatic carbocycles. The zero-order valence-corrected chi connectivity index (χ0v) is 25.0. The van der Waals surface area contributed by atoms with Crippen LogP contribution in [-0.4, -0.2) is 23.4 Å². The van der Waals surface area contributed by atoms with Crippen molar-refractivity contribution < 1.29 is 14.3 Å². The van der Waals surface area contributed by atoms with Gasteiger partial charge in [-0.15, -0.1) is 0 Å². The molecule has 0 amide bonds. The lowest BCUT2D eigenvalue weighted by Crippen LogP contribution is -2.37. The summed E-state index contributed by atoms with van der Waals surface area (Å²) < 4.78 is 12.2. The van der Waals surface area contributed by atoms with Crippen molar-refractivity contribution in [3.05, 3.63) is 22.8 Å². The first kappa shape index (κ1) is 31.0. The van der Waals surface area contributed by atoms with Crippen molar-refractivity contribution in [2.75, 3.05) is 5.75 Å². The van der Waals surface area contributed by atoms with Crippen molar-refractivity contribution in [2.24, 2.45) is 23.5 Å².